The van der Waals surface area contributed by atoms with Gasteiger partial charge in [0, 0.05) is 6.42 Å². The highest BCUT2D eigenvalue weighted by Gasteiger charge is 2.29. The maximum Gasteiger partial charge on any atom is 0.149 e. The number of anilines is 1. The van der Waals surface area contributed by atoms with Gasteiger partial charge in [-0.15, -0.1) is 0 Å². The number of ether oxygens (including phenoxy) is 1. The van der Waals surface area contributed by atoms with E-state index in [1.165, 1.54) is 5.56 Å². The molecular formula is C21H20N2O2. The molecule has 0 aliphatic carbocycles. The van der Waals surface area contributed by atoms with Gasteiger partial charge in [0.15, 0.2) is 0 Å². The fourth-order valence-electron chi connectivity index (χ4n) is 3.20. The first-order valence-electron chi connectivity index (χ1n) is 8.42. The summed E-state index contributed by atoms with van der Waals surface area (Å²) >= 11 is 0. The number of methoxy groups -OCH3 is 1. The Balaban J connectivity index is 1.64. The average Bonchev–Trinajstić information content (AvgIpc) is 3.32. The summed E-state index contributed by atoms with van der Waals surface area (Å²) in [6.07, 6.45) is 3.48. The highest BCUT2D eigenvalue weighted by Crippen LogP contribution is 2.30. The Morgan fingerprint density at radius 3 is 2.52 bits per heavy atom. The van der Waals surface area contributed by atoms with E-state index in [-0.39, 0.29) is 6.04 Å². The summed E-state index contributed by atoms with van der Waals surface area (Å²) in [6, 6.07) is 22.7. The van der Waals surface area contributed by atoms with E-state index in [9.17, 15) is 0 Å². The Morgan fingerprint density at radius 2 is 1.84 bits per heavy atom. The molecule has 0 saturated carbocycles. The summed E-state index contributed by atoms with van der Waals surface area (Å²) < 4.78 is 10.8. The van der Waals surface area contributed by atoms with Crippen molar-refractivity contribution < 1.29 is 9.15 Å². The van der Waals surface area contributed by atoms with Gasteiger partial charge >= 0.3 is 0 Å². The van der Waals surface area contributed by atoms with Crippen LogP contribution in [-0.2, 0) is 6.42 Å². The molecule has 1 aliphatic heterocycles. The van der Waals surface area contributed by atoms with Gasteiger partial charge < -0.3 is 9.15 Å². The van der Waals surface area contributed by atoms with E-state index in [1.807, 2.05) is 42.5 Å². The third-order valence-corrected chi connectivity index (χ3v) is 4.46. The number of nitrogens with zero attached hydrogens (tertiary/aromatic N) is 2. The highest BCUT2D eigenvalue weighted by atomic mass is 16.5. The van der Waals surface area contributed by atoms with Gasteiger partial charge in [0.05, 0.1) is 25.1 Å². The van der Waals surface area contributed by atoms with Crippen LogP contribution in [0.4, 0.5) is 5.69 Å². The molecule has 1 aromatic heterocycles. The first kappa shape index (κ1) is 15.5. The van der Waals surface area contributed by atoms with Crippen molar-refractivity contribution in [3.05, 3.63) is 84.3 Å². The number of benzene rings is 2. The zero-order valence-electron chi connectivity index (χ0n) is 14.1. The third-order valence-electron chi connectivity index (χ3n) is 4.46. The Kier molecular flexibility index (Phi) is 4.25. The van der Waals surface area contributed by atoms with Crippen molar-refractivity contribution in [2.24, 2.45) is 5.10 Å². The normalized spacial score (nSPS) is 16.8. The number of hydrogen-bond donors (Lipinski definition) is 0. The second-order valence-electron chi connectivity index (χ2n) is 6.11. The molecule has 126 valence electrons. The van der Waals surface area contributed by atoms with Crippen LogP contribution < -0.4 is 9.75 Å². The van der Waals surface area contributed by atoms with Gasteiger partial charge in [0.2, 0.25) is 0 Å². The summed E-state index contributed by atoms with van der Waals surface area (Å²) in [5, 5.41) is 6.95. The van der Waals surface area contributed by atoms with Gasteiger partial charge in [-0.25, -0.2) is 0 Å². The number of rotatable bonds is 5. The van der Waals surface area contributed by atoms with Crippen molar-refractivity contribution >= 4 is 11.4 Å². The van der Waals surface area contributed by atoms with Crippen LogP contribution in [0.1, 0.15) is 17.7 Å². The van der Waals surface area contributed by atoms with Gasteiger partial charge in [-0.05, 0) is 48.4 Å². The molecule has 0 saturated heterocycles. The lowest BCUT2D eigenvalue weighted by molar-refractivity contribution is 0.415. The molecule has 2 heterocycles. The molecular weight excluding hydrogens is 312 g/mol. The minimum Gasteiger partial charge on any atom is -0.497 e. The van der Waals surface area contributed by atoms with E-state index in [0.29, 0.717) is 0 Å². The third kappa shape index (κ3) is 3.29. The molecule has 0 bridgehead atoms. The van der Waals surface area contributed by atoms with Crippen LogP contribution in [0.2, 0.25) is 0 Å². The lowest BCUT2D eigenvalue weighted by Crippen LogP contribution is -2.28. The smallest absolute Gasteiger partial charge is 0.149 e. The number of furan rings is 1. The lowest BCUT2D eigenvalue weighted by Gasteiger charge is -2.23. The molecule has 0 N–H and O–H groups in total. The Labute approximate surface area is 147 Å². The van der Waals surface area contributed by atoms with E-state index in [4.69, 9.17) is 14.3 Å². The van der Waals surface area contributed by atoms with Crippen molar-refractivity contribution in [1.82, 2.24) is 0 Å². The Bertz CT molecular complexity index is 839. The first-order valence-corrected chi connectivity index (χ1v) is 8.42. The zero-order valence-corrected chi connectivity index (χ0v) is 14.1. The van der Waals surface area contributed by atoms with Crippen LogP contribution in [0, 0.1) is 0 Å². The highest BCUT2D eigenvalue weighted by molar-refractivity contribution is 6.01. The maximum absolute atomic E-state index is 5.56. The molecule has 1 unspecified atom stereocenters. The van der Waals surface area contributed by atoms with Crippen LogP contribution in [0.5, 0.6) is 5.75 Å². The molecule has 4 nitrogen and oxygen atoms in total. The lowest BCUT2D eigenvalue weighted by atomic mass is 10.0. The Hall–Kier alpha value is -3.01. The largest absolute Gasteiger partial charge is 0.497 e. The Morgan fingerprint density at radius 1 is 1.04 bits per heavy atom. The minimum absolute atomic E-state index is 0.260. The van der Waals surface area contributed by atoms with Crippen LogP contribution in [0.3, 0.4) is 0 Å². The van der Waals surface area contributed by atoms with Gasteiger partial charge in [0.25, 0.3) is 0 Å². The van der Waals surface area contributed by atoms with Crippen LogP contribution in [0.25, 0.3) is 0 Å². The topological polar surface area (TPSA) is 38.0 Å². The predicted molar refractivity (Wildman–Crippen MR) is 99.3 cm³/mol. The summed E-state index contributed by atoms with van der Waals surface area (Å²) in [6.45, 7) is 0. The fraction of sp³-hybridized carbons (Fsp3) is 0.190. The molecule has 4 rings (SSSR count). The monoisotopic (exact) mass is 332 g/mol. The standard InChI is InChI=1S/C21H20N2O2/c1-24-19-11-9-17(10-12-19)23-18(14-16-6-3-2-4-7-16)15-20(22-23)21-8-5-13-25-21/h2-13,18H,14-15H2,1H3. The van der Waals surface area contributed by atoms with E-state index in [0.717, 1.165) is 35.8 Å². The molecule has 0 fully saturated rings. The SMILES string of the molecule is COc1ccc(N2N=C(c3ccco3)CC2Cc2ccccc2)cc1. The molecule has 1 aliphatic rings. The van der Waals surface area contributed by atoms with Crippen molar-refractivity contribution in [3.8, 4) is 5.75 Å². The summed E-state index contributed by atoms with van der Waals surface area (Å²) in [7, 11) is 1.68. The maximum atomic E-state index is 5.56. The fourth-order valence-corrected chi connectivity index (χ4v) is 3.20. The van der Waals surface area contributed by atoms with E-state index in [1.54, 1.807) is 13.4 Å². The zero-order chi connectivity index (χ0) is 17.1. The number of hydrazone groups is 1. The molecule has 0 amide bonds. The summed E-state index contributed by atoms with van der Waals surface area (Å²) in [5.41, 5.74) is 3.35. The predicted octanol–water partition coefficient (Wildman–Crippen LogP) is 4.51. The second kappa shape index (κ2) is 6.85. The molecule has 1 atom stereocenters. The van der Waals surface area contributed by atoms with Crippen molar-refractivity contribution in [2.75, 3.05) is 12.1 Å². The minimum atomic E-state index is 0.260. The first-order chi connectivity index (χ1) is 12.3. The van der Waals surface area contributed by atoms with Crippen molar-refractivity contribution in [1.29, 1.82) is 0 Å². The van der Waals surface area contributed by atoms with Crippen LogP contribution in [-0.4, -0.2) is 18.9 Å². The molecule has 4 heteroatoms. The summed E-state index contributed by atoms with van der Waals surface area (Å²) in [4.78, 5) is 0. The molecule has 2 aromatic carbocycles. The quantitative estimate of drug-likeness (QED) is 0.690. The molecule has 25 heavy (non-hydrogen) atoms. The van der Waals surface area contributed by atoms with Gasteiger partial charge in [-0.3, -0.25) is 5.01 Å². The summed E-state index contributed by atoms with van der Waals surface area (Å²) in [5.74, 6) is 1.69. The van der Waals surface area contributed by atoms with E-state index < -0.39 is 0 Å². The van der Waals surface area contributed by atoms with Gasteiger partial charge in [0.1, 0.15) is 17.2 Å². The molecule has 3 aromatic rings. The van der Waals surface area contributed by atoms with Crippen LogP contribution in [0.15, 0.2) is 82.5 Å². The van der Waals surface area contributed by atoms with Crippen LogP contribution >= 0.6 is 0 Å². The van der Waals surface area contributed by atoms with Gasteiger partial charge in [-0.1, -0.05) is 30.3 Å². The van der Waals surface area contributed by atoms with Crippen molar-refractivity contribution in [3.63, 3.8) is 0 Å². The van der Waals surface area contributed by atoms with E-state index in [2.05, 4.69) is 29.3 Å². The number of hydrogen-bond acceptors (Lipinski definition) is 4. The second-order valence-corrected chi connectivity index (χ2v) is 6.11. The molecule has 0 spiro atoms. The average molecular weight is 332 g/mol. The molecule has 0 radical (unpaired) electrons. The van der Waals surface area contributed by atoms with E-state index >= 15 is 0 Å². The van der Waals surface area contributed by atoms with Gasteiger partial charge in [-0.2, -0.15) is 5.10 Å². The van der Waals surface area contributed by atoms with Crippen molar-refractivity contribution in [2.45, 2.75) is 18.9 Å².